The third-order valence-corrected chi connectivity index (χ3v) is 6.45. The summed E-state index contributed by atoms with van der Waals surface area (Å²) in [5, 5.41) is 3.09. The van der Waals surface area contributed by atoms with E-state index in [-0.39, 0.29) is 16.9 Å². The molecular weight excluding hydrogens is 402 g/mol. The Morgan fingerprint density at radius 1 is 1.27 bits per heavy atom. The van der Waals surface area contributed by atoms with Crippen molar-refractivity contribution in [3.05, 3.63) is 36.3 Å². The monoisotopic (exact) mass is 427 g/mol. The molecule has 4 rings (SSSR count). The fourth-order valence-electron chi connectivity index (χ4n) is 3.48. The van der Waals surface area contributed by atoms with Gasteiger partial charge < -0.3 is 14.8 Å². The molecule has 1 aliphatic carbocycles. The van der Waals surface area contributed by atoms with Crippen molar-refractivity contribution in [2.75, 3.05) is 23.5 Å². The lowest BCUT2D eigenvalue weighted by molar-refractivity contribution is -0.117. The minimum Gasteiger partial charge on any atom is -0.343 e. The summed E-state index contributed by atoms with van der Waals surface area (Å²) in [6, 6.07) is 5.53. The van der Waals surface area contributed by atoms with Crippen LogP contribution >= 0.6 is 0 Å². The molecule has 158 valence electrons. The number of carbonyl (C=O) groups is 1. The smallest absolute Gasteiger partial charge is 0.227 e. The molecule has 2 aromatic heterocycles. The molecule has 1 amide bonds. The van der Waals surface area contributed by atoms with E-state index >= 15 is 0 Å². The predicted molar refractivity (Wildman–Crippen MR) is 117 cm³/mol. The van der Waals surface area contributed by atoms with Crippen LogP contribution in [-0.4, -0.2) is 42.2 Å². The van der Waals surface area contributed by atoms with Crippen LogP contribution < -0.4 is 10.2 Å². The largest absolute Gasteiger partial charge is 0.343 e. The SMILES string of the molecule is CCc1cc(S(C)(=O)=O)ncc1N(C)c1cc(NC(=O)C2CC2)c2ncn(C)c2c1. The molecule has 30 heavy (non-hydrogen) atoms. The third kappa shape index (κ3) is 3.77. The maximum atomic E-state index is 12.4. The van der Waals surface area contributed by atoms with Gasteiger partial charge in [0.1, 0.15) is 5.52 Å². The Bertz CT molecular complexity index is 1250. The number of imidazole rings is 1. The number of aromatic nitrogens is 3. The summed E-state index contributed by atoms with van der Waals surface area (Å²) < 4.78 is 25.7. The van der Waals surface area contributed by atoms with Gasteiger partial charge in [-0.2, -0.15) is 0 Å². The highest BCUT2D eigenvalue weighted by atomic mass is 32.2. The summed E-state index contributed by atoms with van der Waals surface area (Å²) >= 11 is 0. The van der Waals surface area contributed by atoms with Crippen molar-refractivity contribution in [2.45, 2.75) is 31.2 Å². The third-order valence-electron chi connectivity index (χ3n) is 5.47. The van der Waals surface area contributed by atoms with E-state index in [4.69, 9.17) is 0 Å². The van der Waals surface area contributed by atoms with Gasteiger partial charge in [-0.25, -0.2) is 18.4 Å². The Morgan fingerprint density at radius 2 is 2.00 bits per heavy atom. The lowest BCUT2D eigenvalue weighted by Crippen LogP contribution is -2.16. The van der Waals surface area contributed by atoms with E-state index in [1.807, 2.05) is 42.6 Å². The van der Waals surface area contributed by atoms with Gasteiger partial charge in [0.2, 0.25) is 5.91 Å². The van der Waals surface area contributed by atoms with Gasteiger partial charge in [0, 0.05) is 32.0 Å². The van der Waals surface area contributed by atoms with Crippen molar-refractivity contribution in [1.82, 2.24) is 14.5 Å². The molecule has 3 aromatic rings. The van der Waals surface area contributed by atoms with Crippen LogP contribution in [0.3, 0.4) is 0 Å². The van der Waals surface area contributed by atoms with Gasteiger partial charge in [-0.15, -0.1) is 0 Å². The zero-order chi connectivity index (χ0) is 21.6. The van der Waals surface area contributed by atoms with E-state index in [9.17, 15) is 13.2 Å². The standard InChI is InChI=1S/C21H25N5O3S/c1-5-13-8-19(30(4,28)29)22-11-18(13)26(3)15-9-16(24-21(27)14-6-7-14)20-17(10-15)25(2)12-23-20/h8-12,14H,5-7H2,1-4H3,(H,24,27). The van der Waals surface area contributed by atoms with Crippen molar-refractivity contribution < 1.29 is 13.2 Å². The minimum atomic E-state index is -3.38. The van der Waals surface area contributed by atoms with E-state index in [1.54, 1.807) is 18.6 Å². The highest BCUT2D eigenvalue weighted by molar-refractivity contribution is 7.90. The number of sulfone groups is 1. The number of nitrogens with one attached hydrogen (secondary N) is 1. The van der Waals surface area contributed by atoms with E-state index in [1.165, 1.54) is 0 Å². The Labute approximate surface area is 175 Å². The van der Waals surface area contributed by atoms with Crippen LogP contribution in [0.2, 0.25) is 0 Å². The van der Waals surface area contributed by atoms with Crippen molar-refractivity contribution in [3.63, 3.8) is 0 Å². The van der Waals surface area contributed by atoms with E-state index in [0.29, 0.717) is 12.1 Å². The molecule has 1 fully saturated rings. The average molecular weight is 428 g/mol. The van der Waals surface area contributed by atoms with Gasteiger partial charge in [0.15, 0.2) is 14.9 Å². The van der Waals surface area contributed by atoms with Gasteiger partial charge in [-0.1, -0.05) is 6.92 Å². The fourth-order valence-corrected chi connectivity index (χ4v) is 4.08. The van der Waals surface area contributed by atoms with Crippen molar-refractivity contribution >= 4 is 43.8 Å². The molecular formula is C21H25N5O3S. The molecule has 1 saturated carbocycles. The molecule has 0 aliphatic heterocycles. The molecule has 0 bridgehead atoms. The number of hydrogen-bond donors (Lipinski definition) is 1. The minimum absolute atomic E-state index is 0.0233. The van der Waals surface area contributed by atoms with Crippen molar-refractivity contribution in [2.24, 2.45) is 13.0 Å². The maximum Gasteiger partial charge on any atom is 0.227 e. The van der Waals surface area contributed by atoms with Gasteiger partial charge in [0.25, 0.3) is 0 Å². The number of nitrogens with zero attached hydrogens (tertiary/aromatic N) is 4. The number of rotatable bonds is 6. The quantitative estimate of drug-likeness (QED) is 0.649. The molecule has 9 heteroatoms. The number of carbonyl (C=O) groups excluding carboxylic acids is 1. The normalized spacial score (nSPS) is 14.1. The number of aryl methyl sites for hydroxylation is 2. The van der Waals surface area contributed by atoms with Gasteiger partial charge >= 0.3 is 0 Å². The lowest BCUT2D eigenvalue weighted by Gasteiger charge is -2.23. The van der Waals surface area contributed by atoms with Crippen LogP contribution in [0.15, 0.2) is 35.7 Å². The van der Waals surface area contributed by atoms with Crippen LogP contribution in [0.1, 0.15) is 25.3 Å². The molecule has 0 unspecified atom stereocenters. The van der Waals surface area contributed by atoms with Crippen LogP contribution in [0.25, 0.3) is 11.0 Å². The first-order valence-corrected chi connectivity index (χ1v) is 11.8. The highest BCUT2D eigenvalue weighted by Gasteiger charge is 2.30. The Hall–Kier alpha value is -2.94. The fraction of sp³-hybridized carbons (Fsp3) is 0.381. The number of pyridine rings is 1. The number of benzene rings is 1. The molecule has 8 nitrogen and oxygen atoms in total. The first-order chi connectivity index (χ1) is 14.2. The van der Waals surface area contributed by atoms with Gasteiger partial charge in [0.05, 0.1) is 29.4 Å². The summed E-state index contributed by atoms with van der Waals surface area (Å²) in [6.07, 6.45) is 6.98. The summed E-state index contributed by atoms with van der Waals surface area (Å²) in [5.74, 6) is 0.111. The molecule has 0 radical (unpaired) electrons. The zero-order valence-electron chi connectivity index (χ0n) is 17.5. The second kappa shape index (κ2) is 7.39. The maximum absolute atomic E-state index is 12.4. The Kier molecular flexibility index (Phi) is 5.01. The second-order valence-electron chi connectivity index (χ2n) is 7.82. The Balaban J connectivity index is 1.78. The summed E-state index contributed by atoms with van der Waals surface area (Å²) in [6.45, 7) is 1.98. The second-order valence-corrected chi connectivity index (χ2v) is 9.78. The molecule has 2 heterocycles. The number of amides is 1. The van der Waals surface area contributed by atoms with Crippen molar-refractivity contribution in [3.8, 4) is 0 Å². The van der Waals surface area contributed by atoms with E-state index < -0.39 is 9.84 Å². The van der Waals surface area contributed by atoms with Gasteiger partial charge in [-0.05, 0) is 43.0 Å². The highest BCUT2D eigenvalue weighted by Crippen LogP contribution is 2.36. The molecule has 1 aliphatic rings. The summed E-state index contributed by atoms with van der Waals surface area (Å²) in [4.78, 5) is 22.9. The van der Waals surface area contributed by atoms with Crippen molar-refractivity contribution in [1.29, 1.82) is 0 Å². The molecule has 0 atom stereocenters. The van der Waals surface area contributed by atoms with E-state index in [2.05, 4.69) is 15.3 Å². The average Bonchev–Trinajstić information content (AvgIpc) is 3.50. The van der Waals surface area contributed by atoms with Crippen LogP contribution in [-0.2, 0) is 28.1 Å². The molecule has 0 spiro atoms. The molecule has 0 saturated heterocycles. The predicted octanol–water partition coefficient (Wildman–Crippen LogP) is 3.05. The van der Waals surface area contributed by atoms with Crippen LogP contribution in [0.4, 0.5) is 17.1 Å². The zero-order valence-corrected chi connectivity index (χ0v) is 18.3. The first-order valence-electron chi connectivity index (χ1n) is 9.87. The topological polar surface area (TPSA) is 97.2 Å². The number of fused-ring (bicyclic) bond motifs is 1. The Morgan fingerprint density at radius 3 is 2.63 bits per heavy atom. The molecule has 1 N–H and O–H groups in total. The molecule has 1 aromatic carbocycles. The lowest BCUT2D eigenvalue weighted by atomic mass is 10.1. The summed E-state index contributed by atoms with van der Waals surface area (Å²) in [7, 11) is 0.431. The number of hydrogen-bond acceptors (Lipinski definition) is 6. The first kappa shape index (κ1) is 20.3. The number of anilines is 3. The summed E-state index contributed by atoms with van der Waals surface area (Å²) in [5.41, 5.74) is 4.84. The van der Waals surface area contributed by atoms with Gasteiger partial charge in [-0.3, -0.25) is 4.79 Å². The van der Waals surface area contributed by atoms with E-state index in [0.717, 1.165) is 47.1 Å². The van der Waals surface area contributed by atoms with Crippen LogP contribution in [0.5, 0.6) is 0 Å². The van der Waals surface area contributed by atoms with Crippen LogP contribution in [0, 0.1) is 5.92 Å².